The number of carbonyl (C=O) groups excluding carboxylic acids is 2. The minimum absolute atomic E-state index is 0.0945. The number of methoxy groups -OCH3 is 1. The van der Waals surface area contributed by atoms with Crippen LogP contribution in [0.4, 0.5) is 10.5 Å². The van der Waals surface area contributed by atoms with Crippen LogP contribution in [-0.4, -0.2) is 63.3 Å². The van der Waals surface area contributed by atoms with Gasteiger partial charge in [0.1, 0.15) is 12.3 Å². The predicted octanol–water partition coefficient (Wildman–Crippen LogP) is 1.09. The summed E-state index contributed by atoms with van der Waals surface area (Å²) >= 11 is 0. The predicted molar refractivity (Wildman–Crippen MR) is 86.8 cm³/mol. The molecule has 2 amide bonds. The van der Waals surface area contributed by atoms with Crippen molar-refractivity contribution in [2.75, 3.05) is 51.3 Å². The minimum atomic E-state index is -0.420. The molecule has 1 N–H and O–H groups in total. The lowest BCUT2D eigenvalue weighted by atomic mass is 10.2. The van der Waals surface area contributed by atoms with E-state index in [0.717, 1.165) is 24.5 Å². The largest absolute Gasteiger partial charge is 0.497 e. The molecule has 1 saturated heterocycles. The van der Waals surface area contributed by atoms with E-state index < -0.39 is 5.97 Å². The van der Waals surface area contributed by atoms with Gasteiger partial charge in [-0.15, -0.1) is 0 Å². The van der Waals surface area contributed by atoms with Crippen LogP contribution in [-0.2, 0) is 9.53 Å². The average molecular weight is 321 g/mol. The van der Waals surface area contributed by atoms with E-state index in [2.05, 4.69) is 10.2 Å². The molecular formula is C16H23N3O4. The van der Waals surface area contributed by atoms with Crippen LogP contribution < -0.4 is 15.0 Å². The third kappa shape index (κ3) is 4.77. The molecule has 0 atom stereocenters. The van der Waals surface area contributed by atoms with Gasteiger partial charge in [0.05, 0.1) is 13.7 Å². The highest BCUT2D eigenvalue weighted by Gasteiger charge is 2.21. The zero-order valence-corrected chi connectivity index (χ0v) is 13.6. The molecule has 0 aromatic heterocycles. The Morgan fingerprint density at radius 2 is 1.96 bits per heavy atom. The number of piperazine rings is 1. The number of ether oxygens (including phenoxy) is 2. The summed E-state index contributed by atoms with van der Waals surface area (Å²) in [5.74, 6) is 0.396. The van der Waals surface area contributed by atoms with Crippen molar-refractivity contribution in [1.82, 2.24) is 10.2 Å². The summed E-state index contributed by atoms with van der Waals surface area (Å²) in [7, 11) is 1.64. The van der Waals surface area contributed by atoms with Gasteiger partial charge in [-0.25, -0.2) is 4.79 Å². The summed E-state index contributed by atoms with van der Waals surface area (Å²) in [6.07, 6.45) is 0. The van der Waals surface area contributed by atoms with E-state index in [1.54, 1.807) is 18.9 Å². The smallest absolute Gasteiger partial charge is 0.325 e. The Hall–Kier alpha value is -2.44. The second-order valence-electron chi connectivity index (χ2n) is 5.14. The molecule has 1 aliphatic rings. The van der Waals surface area contributed by atoms with Gasteiger partial charge in [-0.2, -0.15) is 0 Å². The normalized spacial score (nSPS) is 14.3. The number of nitrogens with one attached hydrogen (secondary N) is 1. The van der Waals surface area contributed by atoms with Crippen LogP contribution in [0, 0.1) is 0 Å². The molecule has 126 valence electrons. The molecule has 7 heteroatoms. The molecule has 0 aliphatic carbocycles. The number of rotatable bonds is 5. The number of amides is 2. The van der Waals surface area contributed by atoms with Crippen LogP contribution in [0.3, 0.4) is 0 Å². The first-order chi connectivity index (χ1) is 11.1. The monoisotopic (exact) mass is 321 g/mol. The van der Waals surface area contributed by atoms with E-state index in [0.29, 0.717) is 19.7 Å². The zero-order chi connectivity index (χ0) is 16.7. The maximum Gasteiger partial charge on any atom is 0.325 e. The average Bonchev–Trinajstić information content (AvgIpc) is 2.60. The van der Waals surface area contributed by atoms with E-state index >= 15 is 0 Å². The molecule has 0 bridgehead atoms. The van der Waals surface area contributed by atoms with Gasteiger partial charge in [0.2, 0.25) is 0 Å². The summed E-state index contributed by atoms with van der Waals surface area (Å²) in [4.78, 5) is 27.2. The summed E-state index contributed by atoms with van der Waals surface area (Å²) in [5.41, 5.74) is 1.08. The van der Waals surface area contributed by atoms with Crippen molar-refractivity contribution in [2.45, 2.75) is 6.92 Å². The first-order valence-electron chi connectivity index (χ1n) is 7.71. The number of hydrogen-bond acceptors (Lipinski definition) is 5. The van der Waals surface area contributed by atoms with Crippen molar-refractivity contribution in [3.05, 3.63) is 24.3 Å². The first-order valence-corrected chi connectivity index (χ1v) is 7.71. The Bertz CT molecular complexity index is 542. The van der Waals surface area contributed by atoms with Crippen molar-refractivity contribution in [1.29, 1.82) is 0 Å². The fourth-order valence-corrected chi connectivity index (χ4v) is 2.45. The highest BCUT2D eigenvalue weighted by molar-refractivity contribution is 5.81. The van der Waals surface area contributed by atoms with Gasteiger partial charge in [0.25, 0.3) is 0 Å². The second-order valence-corrected chi connectivity index (χ2v) is 5.14. The van der Waals surface area contributed by atoms with Crippen molar-refractivity contribution >= 4 is 17.7 Å². The molecule has 1 aromatic rings. The van der Waals surface area contributed by atoms with Gasteiger partial charge in [0.15, 0.2) is 0 Å². The van der Waals surface area contributed by atoms with Gasteiger partial charge >= 0.3 is 12.0 Å². The van der Waals surface area contributed by atoms with Gasteiger partial charge < -0.3 is 24.6 Å². The van der Waals surface area contributed by atoms with Crippen molar-refractivity contribution in [3.8, 4) is 5.75 Å². The standard InChI is InChI=1S/C16H23N3O4/c1-3-23-15(20)12-17-16(21)19-9-7-18(8-10-19)13-5-4-6-14(11-13)22-2/h4-6,11H,3,7-10,12H2,1-2H3,(H,17,21). The van der Waals surface area contributed by atoms with Crippen LogP contribution >= 0.6 is 0 Å². The van der Waals surface area contributed by atoms with E-state index in [-0.39, 0.29) is 12.6 Å². The Kier molecular flexibility index (Phi) is 6.08. The zero-order valence-electron chi connectivity index (χ0n) is 13.6. The van der Waals surface area contributed by atoms with E-state index in [1.165, 1.54) is 0 Å². The lowest BCUT2D eigenvalue weighted by molar-refractivity contribution is -0.141. The number of esters is 1. The van der Waals surface area contributed by atoms with Crippen LogP contribution in [0.25, 0.3) is 0 Å². The lowest BCUT2D eigenvalue weighted by Gasteiger charge is -2.36. The number of hydrogen-bond donors (Lipinski definition) is 1. The molecule has 2 rings (SSSR count). The van der Waals surface area contributed by atoms with E-state index in [4.69, 9.17) is 9.47 Å². The highest BCUT2D eigenvalue weighted by Crippen LogP contribution is 2.22. The molecule has 1 aliphatic heterocycles. The molecule has 0 unspecified atom stereocenters. The molecule has 1 fully saturated rings. The third-order valence-corrected chi connectivity index (χ3v) is 3.67. The lowest BCUT2D eigenvalue weighted by Crippen LogP contribution is -2.52. The number of urea groups is 1. The summed E-state index contributed by atoms with van der Waals surface area (Å²) < 4.78 is 10.0. The Balaban J connectivity index is 1.81. The quantitative estimate of drug-likeness (QED) is 0.822. The van der Waals surface area contributed by atoms with Crippen LogP contribution in [0.5, 0.6) is 5.75 Å². The SMILES string of the molecule is CCOC(=O)CNC(=O)N1CCN(c2cccc(OC)c2)CC1. The molecule has 1 heterocycles. The maximum absolute atomic E-state index is 12.0. The number of nitrogens with zero attached hydrogens (tertiary/aromatic N) is 2. The van der Waals surface area contributed by atoms with Gasteiger partial charge in [0, 0.05) is 37.9 Å². The third-order valence-electron chi connectivity index (χ3n) is 3.67. The number of anilines is 1. The molecule has 0 saturated carbocycles. The van der Waals surface area contributed by atoms with Crippen LogP contribution in [0.15, 0.2) is 24.3 Å². The Morgan fingerprint density at radius 1 is 1.22 bits per heavy atom. The maximum atomic E-state index is 12.0. The molecule has 0 spiro atoms. The minimum Gasteiger partial charge on any atom is -0.497 e. The number of benzene rings is 1. The second kappa shape index (κ2) is 8.26. The Morgan fingerprint density at radius 3 is 2.61 bits per heavy atom. The van der Waals surface area contributed by atoms with Crippen LogP contribution in [0.2, 0.25) is 0 Å². The fourth-order valence-electron chi connectivity index (χ4n) is 2.45. The topological polar surface area (TPSA) is 71.1 Å². The Labute approximate surface area is 136 Å². The van der Waals surface area contributed by atoms with Gasteiger partial charge in [-0.1, -0.05) is 6.07 Å². The van der Waals surface area contributed by atoms with E-state index in [9.17, 15) is 9.59 Å². The first kappa shape index (κ1) is 16.9. The summed E-state index contributed by atoms with van der Waals surface area (Å²) in [6.45, 7) is 4.63. The van der Waals surface area contributed by atoms with Crippen molar-refractivity contribution in [3.63, 3.8) is 0 Å². The summed E-state index contributed by atoms with van der Waals surface area (Å²) in [6, 6.07) is 7.63. The van der Waals surface area contributed by atoms with Crippen molar-refractivity contribution < 1.29 is 19.1 Å². The fraction of sp³-hybridized carbons (Fsp3) is 0.500. The van der Waals surface area contributed by atoms with Gasteiger partial charge in [-0.05, 0) is 19.1 Å². The summed E-state index contributed by atoms with van der Waals surface area (Å²) in [5, 5.41) is 2.58. The molecule has 23 heavy (non-hydrogen) atoms. The molecule has 0 radical (unpaired) electrons. The number of carbonyl (C=O) groups is 2. The van der Waals surface area contributed by atoms with E-state index in [1.807, 2.05) is 24.3 Å². The molecule has 7 nitrogen and oxygen atoms in total. The highest BCUT2D eigenvalue weighted by atomic mass is 16.5. The molecule has 1 aromatic carbocycles. The van der Waals surface area contributed by atoms with Crippen molar-refractivity contribution in [2.24, 2.45) is 0 Å². The molecular weight excluding hydrogens is 298 g/mol. The van der Waals surface area contributed by atoms with Crippen LogP contribution in [0.1, 0.15) is 6.92 Å². The van der Waals surface area contributed by atoms with Gasteiger partial charge in [-0.3, -0.25) is 4.79 Å².